The first kappa shape index (κ1) is 14.9. The van der Waals surface area contributed by atoms with Crippen LogP contribution in [0.3, 0.4) is 0 Å². The standard InChI is InChI=1S/C11H20O5/c1-3-10(11(13)16-4-2)9-15-8-7-14-6-5-12/h9,12H,3-8H2,1-2H3. The fourth-order valence-electron chi connectivity index (χ4n) is 0.933. The van der Waals surface area contributed by atoms with Crippen molar-refractivity contribution in [3.05, 3.63) is 11.8 Å². The van der Waals surface area contributed by atoms with Gasteiger partial charge in [-0.3, -0.25) is 0 Å². The number of esters is 1. The van der Waals surface area contributed by atoms with E-state index in [1.54, 1.807) is 6.92 Å². The molecule has 0 amide bonds. The second kappa shape index (κ2) is 10.4. The van der Waals surface area contributed by atoms with E-state index in [4.69, 9.17) is 19.3 Å². The van der Waals surface area contributed by atoms with Gasteiger partial charge in [-0.15, -0.1) is 0 Å². The van der Waals surface area contributed by atoms with Gasteiger partial charge in [0.05, 0.1) is 38.3 Å². The van der Waals surface area contributed by atoms with E-state index < -0.39 is 0 Å². The van der Waals surface area contributed by atoms with Crippen molar-refractivity contribution in [2.75, 3.05) is 33.0 Å². The lowest BCUT2D eigenvalue weighted by molar-refractivity contribution is -0.138. The van der Waals surface area contributed by atoms with Gasteiger partial charge >= 0.3 is 5.97 Å². The summed E-state index contributed by atoms with van der Waals surface area (Å²) in [6.45, 7) is 5.00. The highest BCUT2D eigenvalue weighted by Gasteiger charge is 2.07. The molecular formula is C11H20O5. The normalized spacial score (nSPS) is 11.3. The van der Waals surface area contributed by atoms with Gasteiger partial charge in [0.2, 0.25) is 0 Å². The molecule has 5 nitrogen and oxygen atoms in total. The summed E-state index contributed by atoms with van der Waals surface area (Å²) in [6, 6.07) is 0. The van der Waals surface area contributed by atoms with E-state index in [2.05, 4.69) is 0 Å². The van der Waals surface area contributed by atoms with Crippen LogP contribution in [0.5, 0.6) is 0 Å². The van der Waals surface area contributed by atoms with Crippen molar-refractivity contribution >= 4 is 5.97 Å². The molecule has 0 saturated carbocycles. The van der Waals surface area contributed by atoms with Crippen LogP contribution < -0.4 is 0 Å². The number of hydrogen-bond donors (Lipinski definition) is 1. The zero-order valence-electron chi connectivity index (χ0n) is 9.90. The van der Waals surface area contributed by atoms with Crippen molar-refractivity contribution < 1.29 is 24.1 Å². The Labute approximate surface area is 96.0 Å². The summed E-state index contributed by atoms with van der Waals surface area (Å²) in [7, 11) is 0. The molecule has 0 unspecified atom stereocenters. The average molecular weight is 232 g/mol. The maximum absolute atomic E-state index is 11.3. The monoisotopic (exact) mass is 232 g/mol. The van der Waals surface area contributed by atoms with E-state index in [0.717, 1.165) is 0 Å². The molecule has 0 aromatic carbocycles. The topological polar surface area (TPSA) is 65.0 Å². The molecule has 0 aliphatic carbocycles. The molecule has 0 spiro atoms. The SMILES string of the molecule is CCOC(=O)C(=COCCOCCO)CC. The summed E-state index contributed by atoms with van der Waals surface area (Å²) in [5.41, 5.74) is 0.504. The molecule has 0 aliphatic rings. The molecule has 0 aromatic rings. The average Bonchev–Trinajstić information content (AvgIpc) is 2.28. The largest absolute Gasteiger partial charge is 0.498 e. The van der Waals surface area contributed by atoms with Crippen LogP contribution in [0.4, 0.5) is 0 Å². The maximum atomic E-state index is 11.3. The smallest absolute Gasteiger partial charge is 0.337 e. The van der Waals surface area contributed by atoms with E-state index >= 15 is 0 Å². The van der Waals surface area contributed by atoms with E-state index in [0.29, 0.717) is 38.4 Å². The minimum atomic E-state index is -0.346. The number of carbonyl (C=O) groups is 1. The maximum Gasteiger partial charge on any atom is 0.337 e. The number of rotatable bonds is 9. The van der Waals surface area contributed by atoms with Gasteiger partial charge in [-0.25, -0.2) is 4.79 Å². The predicted octanol–water partition coefficient (Wildman–Crippen LogP) is 0.869. The van der Waals surface area contributed by atoms with Crippen LogP contribution in [0, 0.1) is 0 Å². The molecule has 16 heavy (non-hydrogen) atoms. The zero-order chi connectivity index (χ0) is 12.2. The summed E-state index contributed by atoms with van der Waals surface area (Å²) in [5.74, 6) is -0.346. The zero-order valence-corrected chi connectivity index (χ0v) is 9.90. The van der Waals surface area contributed by atoms with Gasteiger partial charge in [-0.2, -0.15) is 0 Å². The lowest BCUT2D eigenvalue weighted by Crippen LogP contribution is -2.09. The van der Waals surface area contributed by atoms with E-state index in [1.807, 2.05) is 6.92 Å². The Kier molecular flexibility index (Phi) is 9.75. The summed E-state index contributed by atoms with van der Waals surface area (Å²) in [4.78, 5) is 11.3. The van der Waals surface area contributed by atoms with Crippen molar-refractivity contribution in [1.82, 2.24) is 0 Å². The third-order valence-electron chi connectivity index (χ3n) is 1.73. The Balaban J connectivity index is 3.75. The molecule has 0 atom stereocenters. The quantitative estimate of drug-likeness (QED) is 0.276. The number of aliphatic hydroxyl groups is 1. The molecule has 94 valence electrons. The molecule has 0 heterocycles. The lowest BCUT2D eigenvalue weighted by Gasteiger charge is -2.06. The summed E-state index contributed by atoms with van der Waals surface area (Å²) >= 11 is 0. The first-order valence-corrected chi connectivity index (χ1v) is 5.42. The van der Waals surface area contributed by atoms with E-state index in [1.165, 1.54) is 6.26 Å². The van der Waals surface area contributed by atoms with Gasteiger partial charge in [-0.05, 0) is 13.3 Å². The van der Waals surface area contributed by atoms with Crippen LogP contribution in [-0.2, 0) is 19.0 Å². The van der Waals surface area contributed by atoms with Crippen LogP contribution in [0.1, 0.15) is 20.3 Å². The van der Waals surface area contributed by atoms with Gasteiger partial charge < -0.3 is 19.3 Å². The van der Waals surface area contributed by atoms with Gasteiger partial charge in [-0.1, -0.05) is 6.92 Å². The van der Waals surface area contributed by atoms with Crippen molar-refractivity contribution in [3.63, 3.8) is 0 Å². The fourth-order valence-corrected chi connectivity index (χ4v) is 0.933. The molecule has 0 fully saturated rings. The van der Waals surface area contributed by atoms with Crippen LogP contribution in [0.2, 0.25) is 0 Å². The second-order valence-electron chi connectivity index (χ2n) is 2.92. The Bertz CT molecular complexity index is 212. The highest BCUT2D eigenvalue weighted by Crippen LogP contribution is 2.03. The van der Waals surface area contributed by atoms with Crippen molar-refractivity contribution in [2.24, 2.45) is 0 Å². The fraction of sp³-hybridized carbons (Fsp3) is 0.727. The molecule has 1 N–H and O–H groups in total. The van der Waals surface area contributed by atoms with Crippen LogP contribution >= 0.6 is 0 Å². The number of hydrogen-bond acceptors (Lipinski definition) is 5. The van der Waals surface area contributed by atoms with Crippen LogP contribution in [0.25, 0.3) is 0 Å². The molecular weight excluding hydrogens is 212 g/mol. The Hall–Kier alpha value is -1.07. The molecule has 0 rings (SSSR count). The summed E-state index contributed by atoms with van der Waals surface area (Å²) in [6.07, 6.45) is 1.97. The van der Waals surface area contributed by atoms with Gasteiger partial charge in [0, 0.05) is 0 Å². The molecule has 0 aliphatic heterocycles. The highest BCUT2D eigenvalue weighted by molar-refractivity contribution is 5.87. The predicted molar refractivity (Wildman–Crippen MR) is 58.9 cm³/mol. The molecule has 5 heteroatoms. The first-order chi connectivity index (χ1) is 7.76. The Morgan fingerprint density at radius 1 is 1.25 bits per heavy atom. The minimum absolute atomic E-state index is 0.00112. The van der Waals surface area contributed by atoms with Gasteiger partial charge in [0.25, 0.3) is 0 Å². The summed E-state index contributed by atoms with van der Waals surface area (Å²) < 4.78 is 15.0. The van der Waals surface area contributed by atoms with Gasteiger partial charge in [0.15, 0.2) is 0 Å². The minimum Gasteiger partial charge on any atom is -0.498 e. The molecule has 0 bridgehead atoms. The Morgan fingerprint density at radius 3 is 2.56 bits per heavy atom. The Morgan fingerprint density at radius 2 is 2.00 bits per heavy atom. The molecule has 0 saturated heterocycles. The number of aliphatic hydroxyl groups excluding tert-OH is 1. The van der Waals surface area contributed by atoms with Crippen molar-refractivity contribution in [3.8, 4) is 0 Å². The molecule has 0 radical (unpaired) electrons. The number of ether oxygens (including phenoxy) is 3. The highest BCUT2D eigenvalue weighted by atomic mass is 16.5. The third-order valence-corrected chi connectivity index (χ3v) is 1.73. The second-order valence-corrected chi connectivity index (χ2v) is 2.92. The van der Waals surface area contributed by atoms with Crippen LogP contribution in [0.15, 0.2) is 11.8 Å². The van der Waals surface area contributed by atoms with E-state index in [-0.39, 0.29) is 12.6 Å². The lowest BCUT2D eigenvalue weighted by atomic mass is 10.2. The van der Waals surface area contributed by atoms with Crippen molar-refractivity contribution in [2.45, 2.75) is 20.3 Å². The number of carbonyl (C=O) groups excluding carboxylic acids is 1. The first-order valence-electron chi connectivity index (χ1n) is 5.42. The third kappa shape index (κ3) is 7.25. The van der Waals surface area contributed by atoms with E-state index in [9.17, 15) is 4.79 Å². The van der Waals surface area contributed by atoms with Gasteiger partial charge in [0.1, 0.15) is 6.61 Å². The van der Waals surface area contributed by atoms with Crippen molar-refractivity contribution in [1.29, 1.82) is 0 Å². The summed E-state index contributed by atoms with van der Waals surface area (Å²) in [5, 5.41) is 8.44. The molecule has 0 aromatic heterocycles. The van der Waals surface area contributed by atoms with Crippen LogP contribution in [-0.4, -0.2) is 44.1 Å².